The second-order valence-electron chi connectivity index (χ2n) is 12.3. The Morgan fingerprint density at radius 1 is 0.714 bits per heavy atom. The summed E-state index contributed by atoms with van der Waals surface area (Å²) in [6.45, 7) is 4.29. The quantitative estimate of drug-likeness (QED) is 0.0949. The fourth-order valence-electron chi connectivity index (χ4n) is 6.37. The van der Waals surface area contributed by atoms with Gasteiger partial charge < -0.3 is 20.0 Å². The first-order chi connectivity index (χ1) is 23.5. The summed E-state index contributed by atoms with van der Waals surface area (Å²) in [7, 11) is -5.06. The summed E-state index contributed by atoms with van der Waals surface area (Å²) in [5.74, 6) is -1.48. The lowest BCUT2D eigenvalue weighted by Gasteiger charge is -2.26. The van der Waals surface area contributed by atoms with E-state index < -0.39 is 24.9 Å². The van der Waals surface area contributed by atoms with Gasteiger partial charge in [0.1, 0.15) is 5.66 Å². The summed E-state index contributed by atoms with van der Waals surface area (Å²) in [6.07, 6.45) is 0.441. The van der Waals surface area contributed by atoms with Gasteiger partial charge >= 0.3 is 7.60 Å². The Kier molecular flexibility index (Phi) is 9.74. The van der Waals surface area contributed by atoms with Gasteiger partial charge in [-0.25, -0.2) is 0 Å². The number of carbonyl (C=O) groups is 3. The van der Waals surface area contributed by atoms with E-state index in [2.05, 4.69) is 5.32 Å². The molecule has 3 N–H and O–H groups in total. The third-order valence-electron chi connectivity index (χ3n) is 8.97. The van der Waals surface area contributed by atoms with E-state index in [0.717, 1.165) is 16.2 Å². The van der Waals surface area contributed by atoms with E-state index >= 15 is 0 Å². The number of amides is 2. The third kappa shape index (κ3) is 7.18. The minimum atomic E-state index is -5.06. The maximum absolute atomic E-state index is 14.4. The molecule has 0 radical (unpaired) electrons. The summed E-state index contributed by atoms with van der Waals surface area (Å²) in [4.78, 5) is 64.6. The largest absolute Gasteiger partial charge is 0.350 e. The van der Waals surface area contributed by atoms with E-state index in [1.807, 2.05) is 80.6 Å². The van der Waals surface area contributed by atoms with Gasteiger partial charge in [-0.1, -0.05) is 97.1 Å². The van der Waals surface area contributed by atoms with E-state index in [4.69, 9.17) is 0 Å². The number of rotatable bonds is 11. The molecule has 0 aliphatic carbocycles. The van der Waals surface area contributed by atoms with Crippen LogP contribution in [0.2, 0.25) is 0 Å². The Hall–Kier alpha value is -5.14. The normalized spacial score (nSPS) is 12.9. The second-order valence-corrected chi connectivity index (χ2v) is 14.0. The van der Waals surface area contributed by atoms with Gasteiger partial charge in [0.25, 0.3) is 11.8 Å². The summed E-state index contributed by atoms with van der Waals surface area (Å²) < 4.78 is 13.1. The molecule has 2 atom stereocenters. The van der Waals surface area contributed by atoms with Crippen LogP contribution in [0.4, 0.5) is 0 Å². The molecule has 0 heterocycles. The van der Waals surface area contributed by atoms with Crippen LogP contribution in [-0.2, 0) is 4.57 Å². The number of benzene rings is 6. The van der Waals surface area contributed by atoms with Gasteiger partial charge in [0.15, 0.2) is 5.78 Å². The first-order valence-corrected chi connectivity index (χ1v) is 17.9. The molecule has 8 nitrogen and oxygen atoms in total. The first-order valence-electron chi connectivity index (χ1n) is 16.2. The highest BCUT2D eigenvalue weighted by Gasteiger charge is 2.40. The van der Waals surface area contributed by atoms with Crippen molar-refractivity contribution in [3.8, 4) is 0 Å². The lowest BCUT2D eigenvalue weighted by Crippen LogP contribution is -2.38. The van der Waals surface area contributed by atoms with Crippen molar-refractivity contribution in [2.24, 2.45) is 0 Å². The van der Waals surface area contributed by atoms with Gasteiger partial charge in [0.05, 0.1) is 5.56 Å². The van der Waals surface area contributed by atoms with Crippen LogP contribution in [0.5, 0.6) is 0 Å². The smallest absolute Gasteiger partial charge is 0.340 e. The monoisotopic (exact) mass is 672 g/mol. The van der Waals surface area contributed by atoms with Gasteiger partial charge in [-0.15, -0.1) is 0 Å². The summed E-state index contributed by atoms with van der Waals surface area (Å²) in [6, 6.07) is 35.6. The topological polar surface area (TPSA) is 124 Å². The average Bonchev–Trinajstić information content (AvgIpc) is 3.10. The van der Waals surface area contributed by atoms with Gasteiger partial charge in [-0.05, 0) is 82.4 Å². The van der Waals surface area contributed by atoms with Crippen molar-refractivity contribution in [2.75, 3.05) is 13.1 Å². The summed E-state index contributed by atoms with van der Waals surface area (Å²) in [5, 5.41) is 7.69. The number of ketones is 1. The Balaban J connectivity index is 1.28. The Bertz CT molecular complexity index is 2260. The molecule has 6 aromatic rings. The number of hydrogen-bond donors (Lipinski definition) is 3. The Labute approximate surface area is 284 Å². The number of nitrogens with zero attached hydrogens (tertiary/aromatic N) is 1. The standard InChI is InChI=1S/C40H37N2O6P/c1-3-42(22-21-26(2)41-39(44)32-20-19-27-11-4-5-13-29(27)23-32)40(45)36-25-31-15-7-6-14-30(31)24-35(36)37(43)38(49(46,47)48)34-18-10-16-28-12-8-9-17-33(28)34/h4-20,23-26,38H,3,21-22H2,1-2H3,(H,41,44)(H2,46,47,48). The molecule has 2 amide bonds. The van der Waals surface area contributed by atoms with Crippen molar-refractivity contribution in [3.63, 3.8) is 0 Å². The van der Waals surface area contributed by atoms with Gasteiger partial charge in [0.2, 0.25) is 0 Å². The minimum Gasteiger partial charge on any atom is -0.350 e. The molecule has 0 aromatic heterocycles. The molecule has 0 spiro atoms. The summed E-state index contributed by atoms with van der Waals surface area (Å²) >= 11 is 0. The average molecular weight is 673 g/mol. The maximum Gasteiger partial charge on any atom is 0.340 e. The highest BCUT2D eigenvalue weighted by molar-refractivity contribution is 7.53. The van der Waals surface area contributed by atoms with E-state index in [1.54, 1.807) is 59.5 Å². The van der Waals surface area contributed by atoms with Crippen LogP contribution in [0.1, 0.15) is 62.6 Å². The van der Waals surface area contributed by atoms with Crippen molar-refractivity contribution in [1.82, 2.24) is 10.2 Å². The number of Topliss-reactive ketones (excluding diaryl/α,β-unsaturated/α-hetero) is 1. The lowest BCUT2D eigenvalue weighted by molar-refractivity contribution is 0.0752. The predicted molar refractivity (Wildman–Crippen MR) is 194 cm³/mol. The fourth-order valence-corrected chi connectivity index (χ4v) is 7.40. The molecule has 0 saturated heterocycles. The zero-order chi connectivity index (χ0) is 34.7. The zero-order valence-electron chi connectivity index (χ0n) is 27.2. The molecule has 6 aromatic carbocycles. The molecule has 6 rings (SSSR count). The van der Waals surface area contributed by atoms with E-state index in [0.29, 0.717) is 34.7 Å². The third-order valence-corrected chi connectivity index (χ3v) is 10.2. The van der Waals surface area contributed by atoms with Gasteiger partial charge in [0, 0.05) is 30.3 Å². The molecule has 0 aliphatic heterocycles. The summed E-state index contributed by atoms with van der Waals surface area (Å²) in [5.41, 5.74) is -1.06. The number of nitrogens with one attached hydrogen (secondary N) is 1. The van der Waals surface area contributed by atoms with Crippen molar-refractivity contribution < 1.29 is 28.7 Å². The van der Waals surface area contributed by atoms with Crippen LogP contribution in [-0.4, -0.2) is 51.4 Å². The highest BCUT2D eigenvalue weighted by Crippen LogP contribution is 2.55. The Morgan fingerprint density at radius 3 is 1.94 bits per heavy atom. The predicted octanol–water partition coefficient (Wildman–Crippen LogP) is 7.92. The Morgan fingerprint density at radius 2 is 1.29 bits per heavy atom. The van der Waals surface area contributed by atoms with Crippen LogP contribution in [0.25, 0.3) is 32.3 Å². The molecule has 248 valence electrons. The fraction of sp³-hybridized carbons (Fsp3) is 0.175. The maximum atomic E-state index is 14.4. The van der Waals surface area contributed by atoms with E-state index in [1.165, 1.54) is 0 Å². The molecule has 9 heteroatoms. The molecule has 0 bridgehead atoms. The van der Waals surface area contributed by atoms with E-state index in [9.17, 15) is 28.7 Å². The molecule has 2 unspecified atom stereocenters. The van der Waals surface area contributed by atoms with Crippen molar-refractivity contribution in [1.29, 1.82) is 0 Å². The van der Waals surface area contributed by atoms with Crippen LogP contribution in [0.15, 0.2) is 121 Å². The molecular formula is C40H37N2O6P. The van der Waals surface area contributed by atoms with Crippen molar-refractivity contribution in [3.05, 3.63) is 144 Å². The number of carbonyl (C=O) groups excluding carboxylic acids is 3. The number of fused-ring (bicyclic) bond motifs is 3. The van der Waals surface area contributed by atoms with Crippen LogP contribution >= 0.6 is 7.60 Å². The number of hydrogen-bond acceptors (Lipinski definition) is 4. The van der Waals surface area contributed by atoms with Gasteiger partial charge in [-0.3, -0.25) is 18.9 Å². The molecule has 0 saturated carbocycles. The molecular weight excluding hydrogens is 635 g/mol. The molecule has 0 aliphatic rings. The van der Waals surface area contributed by atoms with Crippen LogP contribution in [0, 0.1) is 0 Å². The zero-order valence-corrected chi connectivity index (χ0v) is 28.1. The first kappa shape index (κ1) is 33.7. The van der Waals surface area contributed by atoms with Crippen LogP contribution in [0.3, 0.4) is 0 Å². The second kappa shape index (κ2) is 14.1. The lowest BCUT2D eigenvalue weighted by atomic mass is 9.92. The van der Waals surface area contributed by atoms with Crippen molar-refractivity contribution in [2.45, 2.75) is 32.0 Å². The molecule has 0 fully saturated rings. The van der Waals surface area contributed by atoms with Crippen molar-refractivity contribution >= 4 is 57.5 Å². The highest BCUT2D eigenvalue weighted by atomic mass is 31.2. The minimum absolute atomic E-state index is 0.0546. The molecule has 49 heavy (non-hydrogen) atoms. The van der Waals surface area contributed by atoms with Crippen LogP contribution < -0.4 is 5.32 Å². The van der Waals surface area contributed by atoms with Gasteiger partial charge in [-0.2, -0.15) is 0 Å². The van der Waals surface area contributed by atoms with E-state index in [-0.39, 0.29) is 35.2 Å². The SMILES string of the molecule is CCN(CCC(C)NC(=O)c1ccc2ccccc2c1)C(=O)c1cc2ccccc2cc1C(=O)C(c1cccc2ccccc12)P(=O)(O)O.